The Morgan fingerprint density at radius 2 is 2.10 bits per heavy atom. The average molecular weight is 294 g/mol. The highest BCUT2D eigenvalue weighted by Crippen LogP contribution is 2.34. The molecule has 1 N–H and O–H groups in total. The molecule has 5 heteroatoms. The highest BCUT2D eigenvalue weighted by molar-refractivity contribution is 7.99. The van der Waals surface area contributed by atoms with E-state index < -0.39 is 0 Å². The van der Waals surface area contributed by atoms with Crippen LogP contribution in [0.4, 0.5) is 5.69 Å². The van der Waals surface area contributed by atoms with Gasteiger partial charge in [0.2, 0.25) is 0 Å². The predicted molar refractivity (Wildman–Crippen MR) is 84.3 cm³/mol. The Kier molecular flexibility index (Phi) is 5.05. The van der Waals surface area contributed by atoms with E-state index in [2.05, 4.69) is 19.2 Å². The molecule has 1 aliphatic rings. The molecule has 1 unspecified atom stereocenters. The van der Waals surface area contributed by atoms with Gasteiger partial charge in [-0.2, -0.15) is 11.8 Å². The van der Waals surface area contributed by atoms with Crippen LogP contribution in [0.1, 0.15) is 25.8 Å². The second-order valence-corrected chi connectivity index (χ2v) is 7.14. The molecule has 0 aromatic heterocycles. The van der Waals surface area contributed by atoms with Gasteiger partial charge in [0, 0.05) is 23.9 Å². The molecule has 4 nitrogen and oxygen atoms in total. The maximum Gasteiger partial charge on any atom is 0.269 e. The number of rotatable bonds is 5. The summed E-state index contributed by atoms with van der Waals surface area (Å²) < 4.78 is 0. The van der Waals surface area contributed by atoms with Crippen LogP contribution in [0.5, 0.6) is 0 Å². The largest absolute Gasteiger partial charge is 0.312 e. The topological polar surface area (TPSA) is 55.2 Å². The van der Waals surface area contributed by atoms with Gasteiger partial charge in [0.05, 0.1) is 4.92 Å². The van der Waals surface area contributed by atoms with Gasteiger partial charge < -0.3 is 5.32 Å². The fraction of sp³-hybridized carbons (Fsp3) is 0.600. The average Bonchev–Trinajstić information content (AvgIpc) is 2.41. The van der Waals surface area contributed by atoms with Crippen molar-refractivity contribution in [2.24, 2.45) is 5.41 Å². The number of non-ortho nitro benzene ring substituents is 1. The molecule has 1 aliphatic heterocycles. The zero-order valence-corrected chi connectivity index (χ0v) is 12.9. The smallest absolute Gasteiger partial charge is 0.269 e. The Labute approximate surface area is 124 Å². The highest BCUT2D eigenvalue weighted by atomic mass is 32.2. The van der Waals surface area contributed by atoms with Crippen LogP contribution < -0.4 is 5.32 Å². The lowest BCUT2D eigenvalue weighted by atomic mass is 9.82. The van der Waals surface area contributed by atoms with Crippen molar-refractivity contribution in [2.75, 3.05) is 18.1 Å². The summed E-state index contributed by atoms with van der Waals surface area (Å²) in [7, 11) is 0. The first-order valence-corrected chi connectivity index (χ1v) is 8.19. The molecular formula is C15H22N2O2S. The standard InChI is InChI=1S/C15H22N2O2S/c1-15(2)8-10-20-11-14(15)16-9-7-12-3-5-13(6-4-12)17(18)19/h3-6,14,16H,7-11H2,1-2H3. The molecule has 0 bridgehead atoms. The molecule has 1 fully saturated rings. The molecule has 1 atom stereocenters. The summed E-state index contributed by atoms with van der Waals surface area (Å²) in [5.41, 5.74) is 1.66. The Bertz CT molecular complexity index is 459. The SMILES string of the molecule is CC1(C)CCSCC1NCCc1ccc([N+](=O)[O-])cc1. The lowest BCUT2D eigenvalue weighted by Crippen LogP contribution is -2.47. The van der Waals surface area contributed by atoms with E-state index >= 15 is 0 Å². The number of nitrogens with one attached hydrogen (secondary N) is 1. The molecule has 110 valence electrons. The van der Waals surface area contributed by atoms with E-state index in [1.807, 2.05) is 23.9 Å². The van der Waals surface area contributed by atoms with E-state index in [1.54, 1.807) is 12.1 Å². The van der Waals surface area contributed by atoms with E-state index in [0.717, 1.165) is 18.5 Å². The van der Waals surface area contributed by atoms with Crippen molar-refractivity contribution in [1.82, 2.24) is 5.32 Å². The van der Waals surface area contributed by atoms with E-state index in [4.69, 9.17) is 0 Å². The minimum absolute atomic E-state index is 0.159. The minimum atomic E-state index is -0.357. The van der Waals surface area contributed by atoms with Gasteiger partial charge in [-0.3, -0.25) is 10.1 Å². The Morgan fingerprint density at radius 1 is 1.40 bits per heavy atom. The van der Waals surface area contributed by atoms with Gasteiger partial charge in [-0.05, 0) is 36.1 Å². The summed E-state index contributed by atoms with van der Waals surface area (Å²) in [6.45, 7) is 5.58. The summed E-state index contributed by atoms with van der Waals surface area (Å²) in [6.07, 6.45) is 2.17. The second kappa shape index (κ2) is 6.59. The second-order valence-electron chi connectivity index (χ2n) is 5.99. The lowest BCUT2D eigenvalue weighted by Gasteiger charge is -2.39. The van der Waals surface area contributed by atoms with Crippen molar-refractivity contribution in [2.45, 2.75) is 32.7 Å². The molecule has 1 saturated heterocycles. The highest BCUT2D eigenvalue weighted by Gasteiger charge is 2.31. The zero-order chi connectivity index (χ0) is 14.6. The van der Waals surface area contributed by atoms with Crippen LogP contribution in [0, 0.1) is 15.5 Å². The Balaban J connectivity index is 1.82. The molecule has 2 rings (SSSR count). The predicted octanol–water partition coefficient (Wildman–Crippen LogP) is 3.26. The first-order chi connectivity index (χ1) is 9.49. The van der Waals surface area contributed by atoms with Gasteiger partial charge >= 0.3 is 0 Å². The summed E-state index contributed by atoms with van der Waals surface area (Å²) in [6, 6.07) is 7.41. The fourth-order valence-electron chi connectivity index (χ4n) is 2.45. The number of hydrogen-bond donors (Lipinski definition) is 1. The fourth-order valence-corrected chi connectivity index (χ4v) is 4.09. The molecule has 0 radical (unpaired) electrons. The minimum Gasteiger partial charge on any atom is -0.312 e. The molecule has 1 heterocycles. The van der Waals surface area contributed by atoms with Crippen LogP contribution in [0.3, 0.4) is 0 Å². The quantitative estimate of drug-likeness (QED) is 0.669. The Hall–Kier alpha value is -1.07. The lowest BCUT2D eigenvalue weighted by molar-refractivity contribution is -0.384. The summed E-state index contributed by atoms with van der Waals surface area (Å²) >= 11 is 2.02. The third kappa shape index (κ3) is 3.96. The van der Waals surface area contributed by atoms with E-state index in [1.165, 1.54) is 17.9 Å². The summed E-state index contributed by atoms with van der Waals surface area (Å²) in [4.78, 5) is 10.2. The van der Waals surface area contributed by atoms with Crippen molar-refractivity contribution >= 4 is 17.4 Å². The molecule has 0 amide bonds. The van der Waals surface area contributed by atoms with Crippen molar-refractivity contribution in [3.63, 3.8) is 0 Å². The van der Waals surface area contributed by atoms with Crippen molar-refractivity contribution in [3.05, 3.63) is 39.9 Å². The van der Waals surface area contributed by atoms with Gasteiger partial charge in [0.25, 0.3) is 5.69 Å². The number of nitro groups is 1. The monoisotopic (exact) mass is 294 g/mol. The van der Waals surface area contributed by atoms with Crippen LogP contribution in [0.2, 0.25) is 0 Å². The van der Waals surface area contributed by atoms with Crippen LogP contribution >= 0.6 is 11.8 Å². The number of nitro benzene ring substituents is 1. The molecule has 0 saturated carbocycles. The van der Waals surface area contributed by atoms with Crippen molar-refractivity contribution in [3.8, 4) is 0 Å². The van der Waals surface area contributed by atoms with Crippen molar-refractivity contribution in [1.29, 1.82) is 0 Å². The van der Waals surface area contributed by atoms with E-state index in [-0.39, 0.29) is 10.6 Å². The molecule has 0 spiro atoms. The van der Waals surface area contributed by atoms with Gasteiger partial charge in [-0.25, -0.2) is 0 Å². The number of benzene rings is 1. The normalized spacial score (nSPS) is 21.6. The van der Waals surface area contributed by atoms with Gasteiger partial charge in [-0.1, -0.05) is 26.0 Å². The first-order valence-electron chi connectivity index (χ1n) is 7.03. The summed E-state index contributed by atoms with van der Waals surface area (Å²) in [5, 5.41) is 14.2. The molecular weight excluding hydrogens is 272 g/mol. The van der Waals surface area contributed by atoms with Crippen LogP contribution in [0.25, 0.3) is 0 Å². The molecule has 0 aliphatic carbocycles. The maximum atomic E-state index is 10.6. The third-order valence-electron chi connectivity index (χ3n) is 4.07. The Morgan fingerprint density at radius 3 is 2.70 bits per heavy atom. The number of hydrogen-bond acceptors (Lipinski definition) is 4. The van der Waals surface area contributed by atoms with Crippen LogP contribution in [-0.4, -0.2) is 29.0 Å². The first kappa shape index (κ1) is 15.3. The zero-order valence-electron chi connectivity index (χ0n) is 12.1. The summed E-state index contributed by atoms with van der Waals surface area (Å²) in [5.74, 6) is 2.43. The van der Waals surface area contributed by atoms with Crippen molar-refractivity contribution < 1.29 is 4.92 Å². The molecule has 20 heavy (non-hydrogen) atoms. The van der Waals surface area contributed by atoms with E-state index in [0.29, 0.717) is 11.5 Å². The maximum absolute atomic E-state index is 10.6. The number of nitrogens with zero attached hydrogens (tertiary/aromatic N) is 1. The molecule has 1 aromatic rings. The number of thioether (sulfide) groups is 1. The van der Waals surface area contributed by atoms with Gasteiger partial charge in [0.1, 0.15) is 0 Å². The third-order valence-corrected chi connectivity index (χ3v) is 5.13. The van der Waals surface area contributed by atoms with Gasteiger partial charge in [-0.15, -0.1) is 0 Å². The van der Waals surface area contributed by atoms with Crippen LogP contribution in [0.15, 0.2) is 24.3 Å². The van der Waals surface area contributed by atoms with Crippen LogP contribution in [-0.2, 0) is 6.42 Å². The van der Waals surface area contributed by atoms with E-state index in [9.17, 15) is 10.1 Å². The van der Waals surface area contributed by atoms with Gasteiger partial charge in [0.15, 0.2) is 0 Å². The molecule has 1 aromatic carbocycles.